The van der Waals surface area contributed by atoms with Crippen LogP contribution in [-0.4, -0.2) is 42.6 Å². The first-order valence-electron chi connectivity index (χ1n) is 8.57. The number of nitrogens with one attached hydrogen (secondary N) is 1. The lowest BCUT2D eigenvalue weighted by Crippen LogP contribution is -2.29. The summed E-state index contributed by atoms with van der Waals surface area (Å²) in [5, 5.41) is 4.27. The van der Waals surface area contributed by atoms with E-state index in [1.807, 2.05) is 12.1 Å². The molecule has 1 heterocycles. The van der Waals surface area contributed by atoms with Crippen LogP contribution in [-0.2, 0) is 6.54 Å². The van der Waals surface area contributed by atoms with E-state index in [1.165, 1.54) is 5.39 Å². The number of aromatic nitrogens is 1. The molecule has 1 aromatic carbocycles. The van der Waals surface area contributed by atoms with E-state index in [0.29, 0.717) is 6.54 Å². The Bertz CT molecular complexity index is 658. The third-order valence-electron chi connectivity index (χ3n) is 4.24. The Morgan fingerprint density at radius 3 is 2.65 bits per heavy atom. The molecule has 0 radical (unpaired) electrons. The second kappa shape index (κ2) is 8.16. The fraction of sp³-hybridized carbons (Fsp3) is 0.526. The van der Waals surface area contributed by atoms with Crippen molar-refractivity contribution in [1.82, 2.24) is 14.8 Å². The minimum Gasteiger partial charge on any atom is -0.351 e. The van der Waals surface area contributed by atoms with Gasteiger partial charge in [-0.3, -0.25) is 4.79 Å². The maximum absolute atomic E-state index is 12.7. The molecule has 1 N–H and O–H groups in total. The number of hydrogen-bond acceptors (Lipinski definition) is 2. The van der Waals surface area contributed by atoms with Crippen molar-refractivity contribution in [3.8, 4) is 0 Å². The molecule has 0 aliphatic rings. The van der Waals surface area contributed by atoms with Crippen molar-refractivity contribution in [2.75, 3.05) is 27.2 Å². The van der Waals surface area contributed by atoms with Gasteiger partial charge < -0.3 is 14.8 Å². The third-order valence-corrected chi connectivity index (χ3v) is 4.24. The van der Waals surface area contributed by atoms with E-state index in [-0.39, 0.29) is 5.91 Å². The average Bonchev–Trinajstić information content (AvgIpc) is 2.82. The molecule has 4 nitrogen and oxygen atoms in total. The topological polar surface area (TPSA) is 37.3 Å². The van der Waals surface area contributed by atoms with Gasteiger partial charge in [-0.05, 0) is 52.0 Å². The van der Waals surface area contributed by atoms with Crippen LogP contribution in [0.2, 0.25) is 0 Å². The van der Waals surface area contributed by atoms with Gasteiger partial charge in [-0.25, -0.2) is 0 Å². The summed E-state index contributed by atoms with van der Waals surface area (Å²) >= 11 is 0. The molecule has 0 fully saturated rings. The molecular weight excluding hydrogens is 286 g/mol. The molecular formula is C19H29N3O. The highest BCUT2D eigenvalue weighted by Gasteiger charge is 2.19. The number of benzene rings is 1. The standard InChI is InChI=1S/C19H29N3O/c1-5-6-14-22-17-11-8-7-10-16(17)15(2)18(22)19(23)20-12-9-13-21(3)4/h7-8,10-11H,5-6,9,12-14H2,1-4H3,(H,20,23). The van der Waals surface area contributed by atoms with Crippen molar-refractivity contribution >= 4 is 16.8 Å². The number of carbonyl (C=O) groups excluding carboxylic acids is 1. The van der Waals surface area contributed by atoms with E-state index < -0.39 is 0 Å². The molecule has 0 unspecified atom stereocenters. The van der Waals surface area contributed by atoms with Gasteiger partial charge in [0.25, 0.3) is 5.91 Å². The second-order valence-corrected chi connectivity index (χ2v) is 6.41. The molecule has 126 valence electrons. The van der Waals surface area contributed by atoms with Gasteiger partial charge in [0.2, 0.25) is 0 Å². The fourth-order valence-electron chi connectivity index (χ4n) is 3.00. The monoisotopic (exact) mass is 315 g/mol. The van der Waals surface area contributed by atoms with Crippen molar-refractivity contribution in [2.24, 2.45) is 0 Å². The zero-order valence-electron chi connectivity index (χ0n) is 14.9. The Morgan fingerprint density at radius 2 is 1.96 bits per heavy atom. The van der Waals surface area contributed by atoms with Gasteiger partial charge >= 0.3 is 0 Å². The molecule has 4 heteroatoms. The molecule has 2 rings (SSSR count). The number of para-hydroxylation sites is 1. The average molecular weight is 315 g/mol. The van der Waals surface area contributed by atoms with Crippen LogP contribution >= 0.6 is 0 Å². The predicted molar refractivity (Wildman–Crippen MR) is 97.1 cm³/mol. The summed E-state index contributed by atoms with van der Waals surface area (Å²) in [6, 6.07) is 8.30. The maximum atomic E-state index is 12.7. The van der Waals surface area contributed by atoms with E-state index in [1.54, 1.807) is 0 Å². The minimum absolute atomic E-state index is 0.0496. The number of aryl methyl sites for hydroxylation is 2. The van der Waals surface area contributed by atoms with Crippen molar-refractivity contribution in [3.05, 3.63) is 35.5 Å². The number of rotatable bonds is 8. The fourth-order valence-corrected chi connectivity index (χ4v) is 3.00. The lowest BCUT2D eigenvalue weighted by Gasteiger charge is -2.13. The second-order valence-electron chi connectivity index (χ2n) is 6.41. The van der Waals surface area contributed by atoms with Gasteiger partial charge in [0.1, 0.15) is 5.69 Å². The van der Waals surface area contributed by atoms with Crippen LogP contribution < -0.4 is 5.32 Å². The molecule has 0 bridgehead atoms. The number of hydrogen-bond donors (Lipinski definition) is 1. The van der Waals surface area contributed by atoms with Gasteiger partial charge in [0.05, 0.1) is 0 Å². The quantitative estimate of drug-likeness (QED) is 0.758. The largest absolute Gasteiger partial charge is 0.351 e. The Morgan fingerprint density at radius 1 is 1.22 bits per heavy atom. The highest BCUT2D eigenvalue weighted by atomic mass is 16.1. The summed E-state index contributed by atoms with van der Waals surface area (Å²) in [6.07, 6.45) is 3.17. The van der Waals surface area contributed by atoms with Crippen molar-refractivity contribution in [2.45, 2.75) is 39.7 Å². The van der Waals surface area contributed by atoms with Gasteiger partial charge in [0.15, 0.2) is 0 Å². The van der Waals surface area contributed by atoms with Crippen LogP contribution in [0.25, 0.3) is 10.9 Å². The van der Waals surface area contributed by atoms with Crippen LogP contribution in [0.1, 0.15) is 42.2 Å². The summed E-state index contributed by atoms with van der Waals surface area (Å²) in [4.78, 5) is 14.9. The minimum atomic E-state index is 0.0496. The van der Waals surface area contributed by atoms with Crippen LogP contribution in [0.4, 0.5) is 0 Å². The molecule has 0 aliphatic heterocycles. The van der Waals surface area contributed by atoms with E-state index >= 15 is 0 Å². The molecule has 0 aliphatic carbocycles. The first-order chi connectivity index (χ1) is 11.1. The molecule has 0 atom stereocenters. The highest BCUT2D eigenvalue weighted by Crippen LogP contribution is 2.26. The van der Waals surface area contributed by atoms with Crippen LogP contribution in [0, 0.1) is 6.92 Å². The lowest BCUT2D eigenvalue weighted by molar-refractivity contribution is 0.0942. The number of fused-ring (bicyclic) bond motifs is 1. The Balaban J connectivity index is 2.23. The summed E-state index contributed by atoms with van der Waals surface area (Å²) in [5.74, 6) is 0.0496. The van der Waals surface area contributed by atoms with Gasteiger partial charge in [-0.2, -0.15) is 0 Å². The van der Waals surface area contributed by atoms with E-state index in [0.717, 1.165) is 49.1 Å². The first-order valence-corrected chi connectivity index (χ1v) is 8.57. The van der Waals surface area contributed by atoms with Crippen molar-refractivity contribution in [3.63, 3.8) is 0 Å². The molecule has 1 amide bonds. The number of amides is 1. The third kappa shape index (κ3) is 4.14. The summed E-state index contributed by atoms with van der Waals surface area (Å²) < 4.78 is 2.19. The van der Waals surface area contributed by atoms with Crippen molar-refractivity contribution in [1.29, 1.82) is 0 Å². The molecule has 23 heavy (non-hydrogen) atoms. The van der Waals surface area contributed by atoms with Crippen molar-refractivity contribution < 1.29 is 4.79 Å². The van der Waals surface area contributed by atoms with Gasteiger partial charge in [0, 0.05) is 24.0 Å². The number of carbonyl (C=O) groups is 1. The Labute approximate surface area is 139 Å². The molecule has 2 aromatic rings. The predicted octanol–water partition coefficient (Wildman–Crippen LogP) is 3.43. The van der Waals surface area contributed by atoms with Gasteiger partial charge in [-0.15, -0.1) is 0 Å². The maximum Gasteiger partial charge on any atom is 0.268 e. The highest BCUT2D eigenvalue weighted by molar-refractivity contribution is 6.01. The number of unbranched alkanes of at least 4 members (excludes halogenated alkanes) is 1. The van der Waals surface area contributed by atoms with Crippen LogP contribution in [0.3, 0.4) is 0 Å². The Hall–Kier alpha value is -1.81. The Kier molecular flexibility index (Phi) is 6.22. The normalized spacial score (nSPS) is 11.3. The van der Waals surface area contributed by atoms with E-state index in [2.05, 4.69) is 54.9 Å². The summed E-state index contributed by atoms with van der Waals surface area (Å²) in [5.41, 5.74) is 3.07. The zero-order chi connectivity index (χ0) is 16.8. The molecule has 0 spiro atoms. The molecule has 0 saturated carbocycles. The van der Waals surface area contributed by atoms with Crippen LogP contribution in [0.5, 0.6) is 0 Å². The van der Waals surface area contributed by atoms with E-state index in [4.69, 9.17) is 0 Å². The zero-order valence-corrected chi connectivity index (χ0v) is 14.9. The lowest BCUT2D eigenvalue weighted by atomic mass is 10.1. The van der Waals surface area contributed by atoms with Crippen LogP contribution in [0.15, 0.2) is 24.3 Å². The smallest absolute Gasteiger partial charge is 0.268 e. The summed E-state index contributed by atoms with van der Waals surface area (Å²) in [6.45, 7) is 6.83. The molecule has 0 saturated heterocycles. The number of nitrogens with zero attached hydrogens (tertiary/aromatic N) is 2. The summed E-state index contributed by atoms with van der Waals surface area (Å²) in [7, 11) is 4.10. The van der Waals surface area contributed by atoms with Gasteiger partial charge in [-0.1, -0.05) is 31.5 Å². The molecule has 1 aromatic heterocycles. The first kappa shape index (κ1) is 17.5. The SMILES string of the molecule is CCCCn1c(C(=O)NCCCN(C)C)c(C)c2ccccc21. The van der Waals surface area contributed by atoms with E-state index in [9.17, 15) is 4.79 Å².